The van der Waals surface area contributed by atoms with Crippen LogP contribution in [0.5, 0.6) is 0 Å². The Morgan fingerprint density at radius 2 is 2.33 bits per heavy atom. The van der Waals surface area contributed by atoms with E-state index in [1.54, 1.807) is 0 Å². The van der Waals surface area contributed by atoms with Gasteiger partial charge in [0, 0.05) is 11.3 Å². The first-order valence-corrected chi connectivity index (χ1v) is 5.87. The van der Waals surface area contributed by atoms with Gasteiger partial charge in [0.25, 0.3) is 0 Å². The Labute approximate surface area is 79.8 Å². The summed E-state index contributed by atoms with van der Waals surface area (Å²) in [5, 5.41) is 0.745. The van der Waals surface area contributed by atoms with E-state index < -0.39 is 0 Å². The van der Waals surface area contributed by atoms with E-state index in [0.717, 1.165) is 11.7 Å². The number of allylic oxidation sites excluding steroid dienone is 1. The van der Waals surface area contributed by atoms with Crippen LogP contribution in [0.15, 0.2) is 12.7 Å². The van der Waals surface area contributed by atoms with Crippen molar-refractivity contribution in [3.05, 3.63) is 12.7 Å². The number of rotatable bonds is 5. The van der Waals surface area contributed by atoms with E-state index in [0.29, 0.717) is 6.04 Å². The normalized spacial score (nSPS) is 29.1. The third-order valence-corrected chi connectivity index (χ3v) is 3.89. The van der Waals surface area contributed by atoms with Gasteiger partial charge in [0.2, 0.25) is 0 Å². The summed E-state index contributed by atoms with van der Waals surface area (Å²) in [6.45, 7) is 3.72. The highest BCUT2D eigenvalue weighted by molar-refractivity contribution is 8.00. The van der Waals surface area contributed by atoms with E-state index in [2.05, 4.69) is 18.3 Å². The first-order chi connectivity index (χ1) is 5.84. The fourth-order valence-electron chi connectivity index (χ4n) is 1.60. The fourth-order valence-corrected chi connectivity index (χ4v) is 3.02. The molecular weight excluding hydrogens is 166 g/mol. The van der Waals surface area contributed by atoms with Crippen LogP contribution in [0.1, 0.15) is 32.1 Å². The molecule has 0 spiro atoms. The quantitative estimate of drug-likeness (QED) is 0.526. The molecule has 0 aromatic heterocycles. The summed E-state index contributed by atoms with van der Waals surface area (Å²) < 4.78 is 0. The topological polar surface area (TPSA) is 26.0 Å². The van der Waals surface area contributed by atoms with Crippen molar-refractivity contribution in [3.8, 4) is 0 Å². The Balaban J connectivity index is 2.02. The predicted octanol–water partition coefficient (Wildman–Crippen LogP) is 2.57. The van der Waals surface area contributed by atoms with Crippen LogP contribution in [-0.2, 0) is 0 Å². The van der Waals surface area contributed by atoms with Crippen LogP contribution in [0.2, 0.25) is 0 Å². The van der Waals surface area contributed by atoms with Gasteiger partial charge in [0.05, 0.1) is 0 Å². The van der Waals surface area contributed by atoms with Gasteiger partial charge < -0.3 is 5.73 Å². The molecule has 0 aromatic rings. The van der Waals surface area contributed by atoms with Crippen LogP contribution < -0.4 is 5.73 Å². The van der Waals surface area contributed by atoms with Crippen LogP contribution in [0.4, 0.5) is 0 Å². The molecule has 1 nitrogen and oxygen atoms in total. The molecule has 70 valence electrons. The van der Waals surface area contributed by atoms with Crippen molar-refractivity contribution < 1.29 is 0 Å². The van der Waals surface area contributed by atoms with Crippen LogP contribution >= 0.6 is 11.8 Å². The zero-order valence-corrected chi connectivity index (χ0v) is 8.48. The van der Waals surface area contributed by atoms with Gasteiger partial charge in [-0.05, 0) is 31.4 Å². The summed E-state index contributed by atoms with van der Waals surface area (Å²) in [6, 6.07) is 0.471. The Kier molecular flexibility index (Phi) is 4.77. The van der Waals surface area contributed by atoms with Gasteiger partial charge in [-0.25, -0.2) is 0 Å². The summed E-state index contributed by atoms with van der Waals surface area (Å²) >= 11 is 2.06. The van der Waals surface area contributed by atoms with Crippen molar-refractivity contribution >= 4 is 11.8 Å². The minimum atomic E-state index is 0.471. The molecule has 0 amide bonds. The van der Waals surface area contributed by atoms with Crippen LogP contribution in [-0.4, -0.2) is 17.0 Å². The molecule has 1 heterocycles. The molecule has 1 saturated heterocycles. The molecule has 2 atom stereocenters. The van der Waals surface area contributed by atoms with Crippen LogP contribution in [0, 0.1) is 0 Å². The highest BCUT2D eigenvalue weighted by Crippen LogP contribution is 2.29. The van der Waals surface area contributed by atoms with E-state index in [4.69, 9.17) is 5.73 Å². The molecule has 1 fully saturated rings. The summed E-state index contributed by atoms with van der Waals surface area (Å²) in [7, 11) is 0. The molecule has 0 aliphatic carbocycles. The third kappa shape index (κ3) is 3.20. The molecule has 1 aliphatic rings. The van der Waals surface area contributed by atoms with Gasteiger partial charge in [-0.3, -0.25) is 0 Å². The van der Waals surface area contributed by atoms with Crippen molar-refractivity contribution in [2.45, 2.75) is 43.4 Å². The van der Waals surface area contributed by atoms with E-state index >= 15 is 0 Å². The Hall–Kier alpha value is 0.0500. The lowest BCUT2D eigenvalue weighted by Crippen LogP contribution is -2.27. The van der Waals surface area contributed by atoms with Gasteiger partial charge in [-0.2, -0.15) is 11.8 Å². The standard InChI is InChI=1S/C10H19NS/c1-2-3-4-5-6-10-9(11)7-8-12-10/h2,9-10H,1,3-8,11H2. The van der Waals surface area contributed by atoms with Gasteiger partial charge in [0.15, 0.2) is 0 Å². The molecular formula is C10H19NS. The van der Waals surface area contributed by atoms with E-state index in [-0.39, 0.29) is 0 Å². The second-order valence-corrected chi connectivity index (χ2v) is 4.78. The minimum Gasteiger partial charge on any atom is -0.327 e. The first kappa shape index (κ1) is 10.1. The number of hydrogen-bond donors (Lipinski definition) is 1. The second kappa shape index (κ2) is 5.65. The summed E-state index contributed by atoms with van der Waals surface area (Å²) in [5.74, 6) is 1.27. The SMILES string of the molecule is C=CCCCCC1SCCC1N. The number of hydrogen-bond acceptors (Lipinski definition) is 2. The molecule has 2 unspecified atom stereocenters. The number of unbranched alkanes of at least 4 members (excludes halogenated alkanes) is 2. The van der Waals surface area contributed by atoms with Crippen molar-refractivity contribution in [3.63, 3.8) is 0 Å². The van der Waals surface area contributed by atoms with Crippen LogP contribution in [0.25, 0.3) is 0 Å². The van der Waals surface area contributed by atoms with Gasteiger partial charge in [0.1, 0.15) is 0 Å². The molecule has 0 bridgehead atoms. The first-order valence-electron chi connectivity index (χ1n) is 4.82. The van der Waals surface area contributed by atoms with Gasteiger partial charge in [-0.1, -0.05) is 12.5 Å². The highest BCUT2D eigenvalue weighted by Gasteiger charge is 2.23. The molecule has 2 heteroatoms. The average Bonchev–Trinajstić information content (AvgIpc) is 2.46. The summed E-state index contributed by atoms with van der Waals surface area (Å²) in [5.41, 5.74) is 5.95. The van der Waals surface area contributed by atoms with E-state index in [1.807, 2.05) is 6.08 Å². The second-order valence-electron chi connectivity index (χ2n) is 3.43. The zero-order chi connectivity index (χ0) is 8.81. The summed E-state index contributed by atoms with van der Waals surface area (Å²) in [4.78, 5) is 0. The summed E-state index contributed by atoms with van der Waals surface area (Å²) in [6.07, 6.45) is 8.29. The number of nitrogens with two attached hydrogens (primary N) is 1. The van der Waals surface area contributed by atoms with Crippen molar-refractivity contribution in [2.75, 3.05) is 5.75 Å². The zero-order valence-electron chi connectivity index (χ0n) is 7.67. The Bertz CT molecular complexity index is 136. The predicted molar refractivity (Wildman–Crippen MR) is 57.5 cm³/mol. The monoisotopic (exact) mass is 185 g/mol. The molecule has 1 aliphatic heterocycles. The molecule has 0 saturated carbocycles. The maximum Gasteiger partial charge on any atom is 0.0199 e. The smallest absolute Gasteiger partial charge is 0.0199 e. The molecule has 12 heavy (non-hydrogen) atoms. The Morgan fingerprint density at radius 1 is 1.50 bits per heavy atom. The van der Waals surface area contributed by atoms with Gasteiger partial charge in [-0.15, -0.1) is 6.58 Å². The number of thioether (sulfide) groups is 1. The van der Waals surface area contributed by atoms with E-state index in [9.17, 15) is 0 Å². The lowest BCUT2D eigenvalue weighted by Gasteiger charge is -2.13. The van der Waals surface area contributed by atoms with Crippen LogP contribution in [0.3, 0.4) is 0 Å². The Morgan fingerprint density at radius 3 is 2.92 bits per heavy atom. The van der Waals surface area contributed by atoms with E-state index in [1.165, 1.54) is 31.4 Å². The van der Waals surface area contributed by atoms with Crippen molar-refractivity contribution in [1.82, 2.24) is 0 Å². The molecule has 2 N–H and O–H groups in total. The fraction of sp³-hybridized carbons (Fsp3) is 0.800. The maximum absolute atomic E-state index is 5.95. The highest BCUT2D eigenvalue weighted by atomic mass is 32.2. The lowest BCUT2D eigenvalue weighted by molar-refractivity contribution is 0.579. The third-order valence-electron chi connectivity index (χ3n) is 2.41. The molecule has 0 aromatic carbocycles. The van der Waals surface area contributed by atoms with Crippen molar-refractivity contribution in [1.29, 1.82) is 0 Å². The largest absolute Gasteiger partial charge is 0.327 e. The molecule has 1 rings (SSSR count). The average molecular weight is 185 g/mol. The lowest BCUT2D eigenvalue weighted by atomic mass is 10.1. The van der Waals surface area contributed by atoms with Gasteiger partial charge >= 0.3 is 0 Å². The maximum atomic E-state index is 5.95. The van der Waals surface area contributed by atoms with Crippen molar-refractivity contribution in [2.24, 2.45) is 5.73 Å². The molecule has 0 radical (unpaired) electrons. The minimum absolute atomic E-state index is 0.471.